The third-order valence-electron chi connectivity index (χ3n) is 2.97. The molecular weight excluding hydrogens is 274 g/mol. The van der Waals surface area contributed by atoms with Crippen molar-refractivity contribution in [2.45, 2.75) is 36.4 Å². The van der Waals surface area contributed by atoms with Crippen molar-refractivity contribution >= 4 is 16.0 Å². The third-order valence-corrected chi connectivity index (χ3v) is 4.44. The molecule has 0 unspecified atom stereocenters. The lowest BCUT2D eigenvalue weighted by Gasteiger charge is -2.34. The van der Waals surface area contributed by atoms with Gasteiger partial charge in [0.1, 0.15) is 11.4 Å². The maximum atomic E-state index is 12.0. The van der Waals surface area contributed by atoms with E-state index in [-0.39, 0.29) is 23.6 Å². The van der Waals surface area contributed by atoms with Gasteiger partial charge in [0.15, 0.2) is 0 Å². The van der Waals surface area contributed by atoms with E-state index in [0.717, 1.165) is 10.9 Å². The van der Waals surface area contributed by atoms with E-state index in [4.69, 9.17) is 9.84 Å². The Labute approximate surface area is 110 Å². The molecule has 1 aromatic rings. The average molecular weight is 289 g/mol. The van der Waals surface area contributed by atoms with Crippen LogP contribution in [-0.2, 0) is 26.1 Å². The summed E-state index contributed by atoms with van der Waals surface area (Å²) in [6, 6.07) is -0.141. The van der Waals surface area contributed by atoms with Crippen LogP contribution in [0.25, 0.3) is 0 Å². The van der Waals surface area contributed by atoms with Gasteiger partial charge < -0.3 is 9.84 Å². The zero-order chi connectivity index (χ0) is 14.0. The smallest absolute Gasteiger partial charge is 0.325 e. The standard InChI is InChI=1S/C10H15N3O5S/c1-18-8-2-7(3-8)12-19(16,17)9-4-11-13(5-9)6-10(14)15/h4-5,7-8,12H,2-3,6H2,1H3,(H,14,15). The van der Waals surface area contributed by atoms with Gasteiger partial charge in [-0.3, -0.25) is 9.48 Å². The van der Waals surface area contributed by atoms with E-state index in [1.54, 1.807) is 7.11 Å². The second-order valence-corrected chi connectivity index (χ2v) is 6.13. The molecule has 1 aliphatic carbocycles. The van der Waals surface area contributed by atoms with Crippen LogP contribution < -0.4 is 4.72 Å². The van der Waals surface area contributed by atoms with Crippen LogP contribution in [0.3, 0.4) is 0 Å². The highest BCUT2D eigenvalue weighted by molar-refractivity contribution is 7.89. The molecule has 1 fully saturated rings. The van der Waals surface area contributed by atoms with Crippen molar-refractivity contribution in [3.63, 3.8) is 0 Å². The Morgan fingerprint density at radius 3 is 2.89 bits per heavy atom. The van der Waals surface area contributed by atoms with E-state index >= 15 is 0 Å². The van der Waals surface area contributed by atoms with Crippen molar-refractivity contribution in [1.82, 2.24) is 14.5 Å². The number of carboxylic acid groups (broad SMARTS) is 1. The van der Waals surface area contributed by atoms with E-state index < -0.39 is 16.0 Å². The zero-order valence-electron chi connectivity index (χ0n) is 10.3. The molecule has 8 nitrogen and oxygen atoms in total. The molecule has 0 amide bonds. The molecule has 0 radical (unpaired) electrons. The summed E-state index contributed by atoms with van der Waals surface area (Å²) < 4.78 is 32.6. The summed E-state index contributed by atoms with van der Waals surface area (Å²) >= 11 is 0. The number of hydrogen-bond acceptors (Lipinski definition) is 5. The highest BCUT2D eigenvalue weighted by Gasteiger charge is 2.33. The van der Waals surface area contributed by atoms with Crippen LogP contribution in [0.2, 0.25) is 0 Å². The van der Waals surface area contributed by atoms with E-state index in [1.807, 2.05) is 0 Å². The Bertz CT molecular complexity index is 561. The zero-order valence-corrected chi connectivity index (χ0v) is 11.1. The van der Waals surface area contributed by atoms with Gasteiger partial charge in [-0.15, -0.1) is 0 Å². The van der Waals surface area contributed by atoms with Crippen LogP contribution in [0.4, 0.5) is 0 Å². The van der Waals surface area contributed by atoms with Crippen molar-refractivity contribution in [3.8, 4) is 0 Å². The Morgan fingerprint density at radius 2 is 2.32 bits per heavy atom. The molecular formula is C10H15N3O5S. The summed E-state index contributed by atoms with van der Waals surface area (Å²) in [5, 5.41) is 12.3. The van der Waals surface area contributed by atoms with E-state index in [9.17, 15) is 13.2 Å². The summed E-state index contributed by atoms with van der Waals surface area (Å²) in [4.78, 5) is 10.5. The second kappa shape index (κ2) is 5.27. The van der Waals surface area contributed by atoms with Crippen LogP contribution in [0.15, 0.2) is 17.3 Å². The highest BCUT2D eigenvalue weighted by Crippen LogP contribution is 2.24. The van der Waals surface area contributed by atoms with Crippen LogP contribution in [0.5, 0.6) is 0 Å². The molecule has 9 heteroatoms. The molecule has 1 aliphatic rings. The van der Waals surface area contributed by atoms with Gasteiger partial charge in [0.05, 0.1) is 12.3 Å². The SMILES string of the molecule is COC1CC(NS(=O)(=O)c2cnn(CC(=O)O)c2)C1. The predicted octanol–water partition coefficient (Wildman–Crippen LogP) is -0.577. The molecule has 19 heavy (non-hydrogen) atoms. The quantitative estimate of drug-likeness (QED) is 0.725. The number of nitrogens with zero attached hydrogens (tertiary/aromatic N) is 2. The normalized spacial score (nSPS) is 23.0. The highest BCUT2D eigenvalue weighted by atomic mass is 32.2. The summed E-state index contributed by atoms with van der Waals surface area (Å²) in [6.45, 7) is -0.370. The van der Waals surface area contributed by atoms with Crippen LogP contribution in [0, 0.1) is 0 Å². The van der Waals surface area contributed by atoms with E-state index in [0.29, 0.717) is 12.8 Å². The van der Waals surface area contributed by atoms with Crippen LogP contribution >= 0.6 is 0 Å². The van der Waals surface area contributed by atoms with Gasteiger partial charge in [-0.2, -0.15) is 5.10 Å². The number of aliphatic carboxylic acids is 1. The van der Waals surface area contributed by atoms with Gasteiger partial charge in [-0.05, 0) is 12.8 Å². The molecule has 106 valence electrons. The minimum Gasteiger partial charge on any atom is -0.480 e. The first-order valence-electron chi connectivity index (χ1n) is 5.70. The summed E-state index contributed by atoms with van der Waals surface area (Å²) in [5.74, 6) is -1.08. The first-order chi connectivity index (χ1) is 8.90. The third kappa shape index (κ3) is 3.31. The average Bonchev–Trinajstić information content (AvgIpc) is 2.71. The Hall–Kier alpha value is -1.45. The number of carboxylic acids is 1. The molecule has 0 spiro atoms. The van der Waals surface area contributed by atoms with Crippen molar-refractivity contribution in [2.24, 2.45) is 0 Å². The number of aromatic nitrogens is 2. The number of nitrogens with one attached hydrogen (secondary N) is 1. The molecule has 1 saturated carbocycles. The fourth-order valence-electron chi connectivity index (χ4n) is 1.85. The Kier molecular flexibility index (Phi) is 3.88. The molecule has 1 aromatic heterocycles. The van der Waals surface area contributed by atoms with Crippen molar-refractivity contribution in [2.75, 3.05) is 7.11 Å². The minimum atomic E-state index is -3.65. The van der Waals surface area contributed by atoms with Gasteiger partial charge >= 0.3 is 5.97 Å². The van der Waals surface area contributed by atoms with Crippen molar-refractivity contribution in [3.05, 3.63) is 12.4 Å². The Balaban J connectivity index is 1.99. The largest absolute Gasteiger partial charge is 0.480 e. The van der Waals surface area contributed by atoms with E-state index in [2.05, 4.69) is 9.82 Å². The van der Waals surface area contributed by atoms with Crippen LogP contribution in [0.1, 0.15) is 12.8 Å². The molecule has 2 rings (SSSR count). The number of carbonyl (C=O) groups is 1. The first kappa shape index (κ1) is 14.0. The summed E-state index contributed by atoms with van der Waals surface area (Å²) in [6.07, 6.45) is 3.71. The number of ether oxygens (including phenoxy) is 1. The number of methoxy groups -OCH3 is 1. The second-order valence-electron chi connectivity index (χ2n) is 4.41. The van der Waals surface area contributed by atoms with Gasteiger partial charge in [0, 0.05) is 19.3 Å². The molecule has 0 saturated heterocycles. The molecule has 0 aliphatic heterocycles. The monoisotopic (exact) mass is 289 g/mol. The lowest BCUT2D eigenvalue weighted by molar-refractivity contribution is -0.137. The lowest BCUT2D eigenvalue weighted by atomic mass is 9.90. The fraction of sp³-hybridized carbons (Fsp3) is 0.600. The van der Waals surface area contributed by atoms with Gasteiger partial charge in [0.25, 0.3) is 0 Å². The minimum absolute atomic E-state index is 0.0328. The lowest BCUT2D eigenvalue weighted by Crippen LogP contribution is -2.47. The summed E-state index contributed by atoms with van der Waals surface area (Å²) in [7, 11) is -2.06. The summed E-state index contributed by atoms with van der Waals surface area (Å²) in [5.41, 5.74) is 0. The molecule has 2 N–H and O–H groups in total. The van der Waals surface area contributed by atoms with Crippen molar-refractivity contribution < 1.29 is 23.1 Å². The molecule has 0 atom stereocenters. The maximum absolute atomic E-state index is 12.0. The number of sulfonamides is 1. The van der Waals surface area contributed by atoms with Gasteiger partial charge in [-0.1, -0.05) is 0 Å². The predicted molar refractivity (Wildman–Crippen MR) is 64.0 cm³/mol. The van der Waals surface area contributed by atoms with Gasteiger partial charge in [0.2, 0.25) is 10.0 Å². The molecule has 0 aromatic carbocycles. The first-order valence-corrected chi connectivity index (χ1v) is 7.18. The maximum Gasteiger partial charge on any atom is 0.325 e. The number of rotatable bonds is 6. The molecule has 0 bridgehead atoms. The van der Waals surface area contributed by atoms with Gasteiger partial charge in [-0.25, -0.2) is 13.1 Å². The Morgan fingerprint density at radius 1 is 1.63 bits per heavy atom. The number of hydrogen-bond donors (Lipinski definition) is 2. The van der Waals surface area contributed by atoms with Crippen LogP contribution in [-0.4, -0.2) is 48.5 Å². The van der Waals surface area contributed by atoms with Crippen molar-refractivity contribution in [1.29, 1.82) is 0 Å². The topological polar surface area (TPSA) is 111 Å². The van der Waals surface area contributed by atoms with E-state index in [1.165, 1.54) is 6.20 Å². The fourth-order valence-corrected chi connectivity index (χ4v) is 3.06. The molecule has 1 heterocycles.